The van der Waals surface area contributed by atoms with Crippen LogP contribution in [0.5, 0.6) is 5.75 Å². The summed E-state index contributed by atoms with van der Waals surface area (Å²) in [5, 5.41) is 6.96. The van der Waals surface area contributed by atoms with E-state index in [1.165, 1.54) is 0 Å². The Morgan fingerprint density at radius 2 is 2.15 bits per heavy atom. The molecular formula is C14H16IN3O2. The summed E-state index contributed by atoms with van der Waals surface area (Å²) in [5.41, 5.74) is 0. The van der Waals surface area contributed by atoms with Crippen LogP contribution in [0.3, 0.4) is 0 Å². The fourth-order valence-electron chi connectivity index (χ4n) is 1.71. The highest BCUT2D eigenvalue weighted by Gasteiger charge is 2.10. The summed E-state index contributed by atoms with van der Waals surface area (Å²) in [5.74, 6) is 1.18. The number of para-hydroxylation sites is 1. The van der Waals surface area contributed by atoms with Crippen LogP contribution in [-0.2, 0) is 4.79 Å². The van der Waals surface area contributed by atoms with Gasteiger partial charge in [-0.2, -0.15) is 5.10 Å². The normalized spacial score (nSPS) is 10.6. The van der Waals surface area contributed by atoms with Gasteiger partial charge in [-0.05, 0) is 48.6 Å². The van der Waals surface area contributed by atoms with Gasteiger partial charge in [-0.3, -0.25) is 4.79 Å². The second-order valence-corrected chi connectivity index (χ2v) is 5.68. The Kier molecular flexibility index (Phi) is 4.99. The molecule has 106 valence electrons. The highest BCUT2D eigenvalue weighted by atomic mass is 127. The Labute approximate surface area is 131 Å². The van der Waals surface area contributed by atoms with E-state index in [-0.39, 0.29) is 18.6 Å². The lowest BCUT2D eigenvalue weighted by Crippen LogP contribution is -2.22. The third-order valence-corrected chi connectivity index (χ3v) is 3.51. The number of rotatable bonds is 5. The number of benzene rings is 1. The molecule has 1 N–H and O–H groups in total. The average Bonchev–Trinajstić information content (AvgIpc) is 2.86. The highest BCUT2D eigenvalue weighted by molar-refractivity contribution is 14.1. The highest BCUT2D eigenvalue weighted by Crippen LogP contribution is 2.19. The molecule has 0 fully saturated rings. The summed E-state index contributed by atoms with van der Waals surface area (Å²) in [6, 6.07) is 9.54. The van der Waals surface area contributed by atoms with Gasteiger partial charge in [0.1, 0.15) is 11.6 Å². The summed E-state index contributed by atoms with van der Waals surface area (Å²) in [6.45, 7) is 3.99. The lowest BCUT2D eigenvalue weighted by Gasteiger charge is -2.12. The van der Waals surface area contributed by atoms with E-state index in [0.717, 1.165) is 3.57 Å². The molecular weight excluding hydrogens is 369 g/mol. The van der Waals surface area contributed by atoms with Crippen molar-refractivity contribution in [1.82, 2.24) is 9.78 Å². The van der Waals surface area contributed by atoms with Crippen molar-refractivity contribution in [1.29, 1.82) is 0 Å². The number of hydrogen-bond donors (Lipinski definition) is 1. The zero-order valence-corrected chi connectivity index (χ0v) is 13.5. The van der Waals surface area contributed by atoms with Gasteiger partial charge in [0, 0.05) is 12.1 Å². The first-order valence-electron chi connectivity index (χ1n) is 6.28. The van der Waals surface area contributed by atoms with E-state index in [4.69, 9.17) is 4.74 Å². The molecule has 2 rings (SSSR count). The molecule has 5 nitrogen and oxygen atoms in total. The number of nitrogens with one attached hydrogen (secondary N) is 1. The van der Waals surface area contributed by atoms with Crippen LogP contribution >= 0.6 is 22.6 Å². The molecule has 1 heterocycles. The van der Waals surface area contributed by atoms with Crippen molar-refractivity contribution in [3.8, 4) is 5.75 Å². The maximum absolute atomic E-state index is 11.9. The summed E-state index contributed by atoms with van der Waals surface area (Å²) < 4.78 is 8.23. The first kappa shape index (κ1) is 14.8. The fraction of sp³-hybridized carbons (Fsp3) is 0.286. The van der Waals surface area contributed by atoms with Gasteiger partial charge in [0.25, 0.3) is 5.91 Å². The molecule has 0 aliphatic carbocycles. The molecule has 0 atom stereocenters. The van der Waals surface area contributed by atoms with Crippen molar-refractivity contribution < 1.29 is 9.53 Å². The maximum atomic E-state index is 11.9. The number of nitrogens with zero attached hydrogens (tertiary/aromatic N) is 2. The summed E-state index contributed by atoms with van der Waals surface area (Å²) in [6.07, 6.45) is 1.66. The van der Waals surface area contributed by atoms with Crippen LogP contribution in [0.2, 0.25) is 0 Å². The molecule has 0 saturated carbocycles. The van der Waals surface area contributed by atoms with Crippen molar-refractivity contribution in [2.45, 2.75) is 19.9 Å². The lowest BCUT2D eigenvalue weighted by molar-refractivity contribution is -0.118. The molecule has 1 amide bonds. The van der Waals surface area contributed by atoms with Crippen molar-refractivity contribution in [3.63, 3.8) is 0 Å². The standard InChI is InChI=1S/C14H16IN3O2/c1-10(2)18-13(7-8-16-18)17-14(19)9-20-12-6-4-3-5-11(12)15/h3-8,10H,9H2,1-2H3,(H,17,19). The van der Waals surface area contributed by atoms with E-state index in [1.807, 2.05) is 38.1 Å². The third-order valence-electron chi connectivity index (χ3n) is 2.62. The van der Waals surface area contributed by atoms with Gasteiger partial charge < -0.3 is 10.1 Å². The van der Waals surface area contributed by atoms with E-state index in [0.29, 0.717) is 11.6 Å². The second-order valence-electron chi connectivity index (χ2n) is 4.52. The van der Waals surface area contributed by atoms with Crippen LogP contribution in [0, 0.1) is 3.57 Å². The molecule has 0 unspecified atom stereocenters. The second kappa shape index (κ2) is 6.74. The number of amides is 1. The van der Waals surface area contributed by atoms with Crippen LogP contribution in [-0.4, -0.2) is 22.3 Å². The quantitative estimate of drug-likeness (QED) is 0.805. The zero-order chi connectivity index (χ0) is 14.5. The number of aromatic nitrogens is 2. The topological polar surface area (TPSA) is 56.2 Å². The smallest absolute Gasteiger partial charge is 0.263 e. The number of carbonyl (C=O) groups excluding carboxylic acids is 1. The van der Waals surface area contributed by atoms with Crippen molar-refractivity contribution in [2.75, 3.05) is 11.9 Å². The van der Waals surface area contributed by atoms with E-state index in [2.05, 4.69) is 33.0 Å². The van der Waals surface area contributed by atoms with Gasteiger partial charge in [0.05, 0.1) is 9.77 Å². The third kappa shape index (κ3) is 3.72. The SMILES string of the molecule is CC(C)n1nccc1NC(=O)COc1ccccc1I. The largest absolute Gasteiger partial charge is 0.483 e. The molecule has 0 aliphatic heterocycles. The van der Waals surface area contributed by atoms with Crippen molar-refractivity contribution >= 4 is 34.3 Å². The van der Waals surface area contributed by atoms with E-state index in [9.17, 15) is 4.79 Å². The van der Waals surface area contributed by atoms with Crippen LogP contribution in [0.4, 0.5) is 5.82 Å². The van der Waals surface area contributed by atoms with Crippen molar-refractivity contribution in [3.05, 3.63) is 40.1 Å². The fourth-order valence-corrected chi connectivity index (χ4v) is 2.25. The molecule has 2 aromatic rings. The molecule has 0 aliphatic rings. The maximum Gasteiger partial charge on any atom is 0.263 e. The van der Waals surface area contributed by atoms with Crippen LogP contribution in [0.15, 0.2) is 36.5 Å². The molecule has 1 aromatic heterocycles. The Bertz CT molecular complexity index is 596. The van der Waals surface area contributed by atoms with Crippen molar-refractivity contribution in [2.24, 2.45) is 0 Å². The van der Waals surface area contributed by atoms with Crippen LogP contribution in [0.1, 0.15) is 19.9 Å². The molecule has 0 radical (unpaired) electrons. The molecule has 1 aromatic carbocycles. The molecule has 6 heteroatoms. The summed E-state index contributed by atoms with van der Waals surface area (Å²) in [7, 11) is 0. The Balaban J connectivity index is 1.93. The molecule has 0 spiro atoms. The lowest BCUT2D eigenvalue weighted by atomic mass is 10.3. The van der Waals surface area contributed by atoms with E-state index in [1.54, 1.807) is 16.9 Å². The molecule has 0 saturated heterocycles. The van der Waals surface area contributed by atoms with E-state index < -0.39 is 0 Å². The van der Waals surface area contributed by atoms with Crippen LogP contribution in [0.25, 0.3) is 0 Å². The Morgan fingerprint density at radius 1 is 1.40 bits per heavy atom. The first-order chi connectivity index (χ1) is 9.58. The minimum absolute atomic E-state index is 0.0245. The summed E-state index contributed by atoms with van der Waals surface area (Å²) >= 11 is 2.17. The predicted octanol–water partition coefficient (Wildman–Crippen LogP) is 3.09. The van der Waals surface area contributed by atoms with Gasteiger partial charge >= 0.3 is 0 Å². The summed E-state index contributed by atoms with van der Waals surface area (Å²) in [4.78, 5) is 11.9. The van der Waals surface area contributed by atoms with Gasteiger partial charge in [-0.15, -0.1) is 0 Å². The number of hydrogen-bond acceptors (Lipinski definition) is 3. The number of carbonyl (C=O) groups is 1. The number of halogens is 1. The van der Waals surface area contributed by atoms with Gasteiger partial charge in [-0.25, -0.2) is 4.68 Å². The molecule has 20 heavy (non-hydrogen) atoms. The Morgan fingerprint density at radius 3 is 2.85 bits per heavy atom. The monoisotopic (exact) mass is 385 g/mol. The van der Waals surface area contributed by atoms with E-state index >= 15 is 0 Å². The Hall–Kier alpha value is -1.57. The predicted molar refractivity (Wildman–Crippen MR) is 85.9 cm³/mol. The molecule has 0 bridgehead atoms. The van der Waals surface area contributed by atoms with Gasteiger partial charge in [-0.1, -0.05) is 12.1 Å². The van der Waals surface area contributed by atoms with Gasteiger partial charge in [0.2, 0.25) is 0 Å². The first-order valence-corrected chi connectivity index (χ1v) is 7.36. The average molecular weight is 385 g/mol. The van der Waals surface area contributed by atoms with Gasteiger partial charge in [0.15, 0.2) is 6.61 Å². The minimum Gasteiger partial charge on any atom is -0.483 e. The number of ether oxygens (including phenoxy) is 1. The van der Waals surface area contributed by atoms with Crippen LogP contribution < -0.4 is 10.1 Å². The minimum atomic E-state index is -0.202. The zero-order valence-electron chi connectivity index (χ0n) is 11.3. The number of anilines is 1.